The summed E-state index contributed by atoms with van der Waals surface area (Å²) in [5.41, 5.74) is 16.4. The van der Waals surface area contributed by atoms with E-state index in [-0.39, 0.29) is 37.9 Å². The van der Waals surface area contributed by atoms with Gasteiger partial charge < -0.3 is 48.5 Å². The van der Waals surface area contributed by atoms with E-state index in [4.69, 9.17) is 22.3 Å². The summed E-state index contributed by atoms with van der Waals surface area (Å²) in [6, 6.07) is -0.0455. The first kappa shape index (κ1) is 33.3. The predicted octanol–water partition coefficient (Wildman–Crippen LogP) is -2.80. The van der Waals surface area contributed by atoms with Crippen LogP contribution in [0.3, 0.4) is 0 Å². The number of aromatic hydroxyl groups is 1. The summed E-state index contributed by atoms with van der Waals surface area (Å²) in [4.78, 5) is 83.5. The van der Waals surface area contributed by atoms with Gasteiger partial charge in [-0.15, -0.1) is 0 Å². The van der Waals surface area contributed by atoms with Crippen molar-refractivity contribution in [2.45, 2.75) is 69.1 Å². The van der Waals surface area contributed by atoms with Crippen LogP contribution in [-0.4, -0.2) is 81.0 Å². The minimum atomic E-state index is -1.56. The summed E-state index contributed by atoms with van der Waals surface area (Å²) >= 11 is 0. The molecule has 0 aliphatic heterocycles. The number of phenolic OH excluding ortho intramolecular Hbond substituents is 1. The molecular weight excluding hydrogens is 532 g/mol. The third-order valence-corrected chi connectivity index (χ3v) is 5.62. The minimum absolute atomic E-state index is 0.0583. The zero-order chi connectivity index (χ0) is 30.4. The van der Waals surface area contributed by atoms with E-state index in [1.807, 2.05) is 0 Å². The van der Waals surface area contributed by atoms with Crippen molar-refractivity contribution in [2.24, 2.45) is 17.2 Å². The Kier molecular flexibility index (Phi) is 13.6. The lowest BCUT2D eigenvalue weighted by atomic mass is 10.0. The van der Waals surface area contributed by atoms with Crippen LogP contribution in [0, 0.1) is 0 Å². The van der Waals surface area contributed by atoms with Crippen LogP contribution in [0.1, 0.15) is 44.1 Å². The first-order chi connectivity index (χ1) is 18.7. The fourth-order valence-electron chi connectivity index (χ4n) is 3.41. The number of primary amides is 2. The van der Waals surface area contributed by atoms with Gasteiger partial charge in [-0.05, 0) is 37.0 Å². The molecule has 0 radical (unpaired) electrons. The Morgan fingerprint density at radius 2 is 1.15 bits per heavy atom. The zero-order valence-electron chi connectivity index (χ0n) is 21.5. The second-order valence-corrected chi connectivity index (χ2v) is 8.94. The molecule has 0 saturated heterocycles. The number of nitrogens with one attached hydrogen (secondary N) is 3. The van der Waals surface area contributed by atoms with Gasteiger partial charge in [-0.25, -0.2) is 4.79 Å². The number of amides is 5. The number of phenols is 1. The summed E-state index contributed by atoms with van der Waals surface area (Å²) < 4.78 is 0. The third-order valence-electron chi connectivity index (χ3n) is 5.62. The van der Waals surface area contributed by atoms with Crippen LogP contribution in [0.15, 0.2) is 24.3 Å². The van der Waals surface area contributed by atoms with Crippen molar-refractivity contribution < 1.29 is 48.9 Å². The second-order valence-electron chi connectivity index (χ2n) is 8.94. The monoisotopic (exact) mass is 566 g/mol. The van der Waals surface area contributed by atoms with Crippen LogP contribution in [0.25, 0.3) is 0 Å². The minimum Gasteiger partial charge on any atom is -0.508 e. The van der Waals surface area contributed by atoms with Crippen LogP contribution in [0.4, 0.5) is 0 Å². The maximum atomic E-state index is 13.2. The van der Waals surface area contributed by atoms with Crippen LogP contribution in [-0.2, 0) is 40.0 Å². The SMILES string of the molecule is NC(=O)CCC(N)C(=O)NC(Cc1ccc(O)cc1)C(=O)NC(CCC(=O)O)C(=O)NC(CCC(N)=O)C(=O)O. The van der Waals surface area contributed by atoms with E-state index in [9.17, 15) is 43.8 Å². The van der Waals surface area contributed by atoms with E-state index in [0.717, 1.165) is 0 Å². The Labute approximate surface area is 228 Å². The molecule has 0 fully saturated rings. The summed E-state index contributed by atoms with van der Waals surface area (Å²) in [6.07, 6.45) is -2.18. The quantitative estimate of drug-likeness (QED) is 0.0873. The number of carboxylic acid groups (broad SMARTS) is 2. The van der Waals surface area contributed by atoms with Crippen molar-refractivity contribution in [3.8, 4) is 5.75 Å². The lowest BCUT2D eigenvalue weighted by Gasteiger charge is -2.25. The number of carbonyl (C=O) groups excluding carboxylic acids is 5. The number of benzene rings is 1. The van der Waals surface area contributed by atoms with Crippen LogP contribution in [0.5, 0.6) is 5.75 Å². The molecule has 0 aromatic heterocycles. The smallest absolute Gasteiger partial charge is 0.326 e. The first-order valence-electron chi connectivity index (χ1n) is 12.1. The van der Waals surface area contributed by atoms with Crippen molar-refractivity contribution in [3.05, 3.63) is 29.8 Å². The molecule has 0 bridgehead atoms. The lowest BCUT2D eigenvalue weighted by molar-refractivity contribution is -0.143. The maximum Gasteiger partial charge on any atom is 0.326 e. The average Bonchev–Trinajstić information content (AvgIpc) is 2.87. The number of rotatable bonds is 18. The van der Waals surface area contributed by atoms with Crippen molar-refractivity contribution in [3.63, 3.8) is 0 Å². The highest BCUT2D eigenvalue weighted by atomic mass is 16.4. The molecule has 5 amide bonds. The molecule has 1 aromatic rings. The molecule has 1 rings (SSSR count). The molecule has 0 spiro atoms. The van der Waals surface area contributed by atoms with E-state index in [0.29, 0.717) is 5.56 Å². The molecule has 220 valence electrons. The van der Waals surface area contributed by atoms with Gasteiger partial charge in [0.2, 0.25) is 29.5 Å². The first-order valence-corrected chi connectivity index (χ1v) is 12.1. The number of carboxylic acids is 2. The Morgan fingerprint density at radius 1 is 0.675 bits per heavy atom. The standard InChI is InChI=1S/C24H34N6O10/c25-14(5-8-18(26)32)21(36)30-17(11-12-1-3-13(31)4-2-12)23(38)28-15(7-10-20(34)35)22(37)29-16(24(39)40)6-9-19(27)33/h1-4,14-17,31H,5-11,25H2,(H2,26,32)(H2,27,33)(H,28,38)(H,29,37)(H,30,36)(H,34,35)(H,39,40). The average molecular weight is 567 g/mol. The number of aliphatic carboxylic acids is 2. The van der Waals surface area contributed by atoms with Crippen LogP contribution >= 0.6 is 0 Å². The van der Waals surface area contributed by atoms with Gasteiger partial charge in [-0.3, -0.25) is 28.8 Å². The lowest BCUT2D eigenvalue weighted by Crippen LogP contribution is -2.57. The molecule has 0 aliphatic rings. The van der Waals surface area contributed by atoms with Gasteiger partial charge in [0, 0.05) is 25.7 Å². The van der Waals surface area contributed by atoms with Gasteiger partial charge in [-0.2, -0.15) is 0 Å². The van der Waals surface area contributed by atoms with E-state index in [2.05, 4.69) is 16.0 Å². The van der Waals surface area contributed by atoms with Gasteiger partial charge in [0.1, 0.15) is 23.9 Å². The largest absolute Gasteiger partial charge is 0.508 e. The van der Waals surface area contributed by atoms with Crippen LogP contribution in [0.2, 0.25) is 0 Å². The van der Waals surface area contributed by atoms with Gasteiger partial charge in [0.25, 0.3) is 0 Å². The fourth-order valence-corrected chi connectivity index (χ4v) is 3.41. The Bertz CT molecular complexity index is 1090. The molecule has 0 saturated carbocycles. The molecule has 0 heterocycles. The molecule has 0 aliphatic carbocycles. The molecule has 4 unspecified atom stereocenters. The van der Waals surface area contributed by atoms with Crippen molar-refractivity contribution in [2.75, 3.05) is 0 Å². The van der Waals surface area contributed by atoms with E-state index in [1.54, 1.807) is 0 Å². The Morgan fingerprint density at radius 3 is 1.68 bits per heavy atom. The van der Waals surface area contributed by atoms with E-state index < -0.39 is 78.5 Å². The van der Waals surface area contributed by atoms with Crippen molar-refractivity contribution in [1.82, 2.24) is 16.0 Å². The highest BCUT2D eigenvalue weighted by molar-refractivity contribution is 5.94. The highest BCUT2D eigenvalue weighted by Gasteiger charge is 2.31. The van der Waals surface area contributed by atoms with Crippen molar-refractivity contribution in [1.29, 1.82) is 0 Å². The number of carbonyl (C=O) groups is 7. The van der Waals surface area contributed by atoms with Crippen molar-refractivity contribution >= 4 is 41.5 Å². The van der Waals surface area contributed by atoms with Gasteiger partial charge in [0.15, 0.2) is 0 Å². The molecule has 1 aromatic carbocycles. The predicted molar refractivity (Wildman–Crippen MR) is 137 cm³/mol. The molecule has 16 nitrogen and oxygen atoms in total. The summed E-state index contributed by atoms with van der Waals surface area (Å²) in [5, 5.41) is 34.9. The van der Waals surface area contributed by atoms with Gasteiger partial charge in [-0.1, -0.05) is 12.1 Å². The van der Waals surface area contributed by atoms with Gasteiger partial charge >= 0.3 is 11.9 Å². The van der Waals surface area contributed by atoms with Crippen LogP contribution < -0.4 is 33.2 Å². The van der Waals surface area contributed by atoms with E-state index in [1.165, 1.54) is 24.3 Å². The number of nitrogens with two attached hydrogens (primary N) is 3. The summed E-state index contributed by atoms with van der Waals surface area (Å²) in [6.45, 7) is 0. The number of hydrogen-bond donors (Lipinski definition) is 9. The molecule has 12 N–H and O–H groups in total. The zero-order valence-corrected chi connectivity index (χ0v) is 21.5. The Hall–Kier alpha value is -4.73. The second kappa shape index (κ2) is 16.3. The molecule has 16 heteroatoms. The fraction of sp³-hybridized carbons (Fsp3) is 0.458. The molecule has 4 atom stereocenters. The topological polar surface area (TPSA) is 294 Å². The summed E-state index contributed by atoms with van der Waals surface area (Å²) in [5.74, 6) is -7.13. The highest BCUT2D eigenvalue weighted by Crippen LogP contribution is 2.12. The van der Waals surface area contributed by atoms with Gasteiger partial charge in [0.05, 0.1) is 6.04 Å². The molecule has 40 heavy (non-hydrogen) atoms. The van der Waals surface area contributed by atoms with E-state index >= 15 is 0 Å². The third kappa shape index (κ3) is 12.7. The summed E-state index contributed by atoms with van der Waals surface area (Å²) in [7, 11) is 0. The Balaban J connectivity index is 3.16. The number of hydrogen-bond acceptors (Lipinski definition) is 9. The maximum absolute atomic E-state index is 13.2. The molecular formula is C24H34N6O10. The normalized spacial score (nSPS) is 13.6.